The van der Waals surface area contributed by atoms with Crippen molar-refractivity contribution in [2.45, 2.75) is 34.1 Å². The summed E-state index contributed by atoms with van der Waals surface area (Å²) < 4.78 is 0. The summed E-state index contributed by atoms with van der Waals surface area (Å²) in [5.74, 6) is 0. The van der Waals surface area contributed by atoms with Gasteiger partial charge in [-0.05, 0) is 18.8 Å². The average molecular weight is 138 g/mol. The molecule has 0 aromatic heterocycles. The largest absolute Gasteiger partial charge is 0.0988 e. The Morgan fingerprint density at radius 3 is 2.20 bits per heavy atom. The Kier molecular flexibility index (Phi) is 3.41. The van der Waals surface area contributed by atoms with Crippen LogP contribution in [0.4, 0.5) is 0 Å². The molecule has 58 valence electrons. The highest BCUT2D eigenvalue weighted by molar-refractivity contribution is 5.12. The van der Waals surface area contributed by atoms with Crippen LogP contribution in [-0.4, -0.2) is 0 Å². The third kappa shape index (κ3) is 5.61. The molecule has 0 heteroatoms. The lowest BCUT2D eigenvalue weighted by Gasteiger charge is -2.14. The second-order valence-electron chi connectivity index (χ2n) is 3.92. The Balaban J connectivity index is 3.84. The summed E-state index contributed by atoms with van der Waals surface area (Å²) in [4.78, 5) is 0. The third-order valence-corrected chi connectivity index (χ3v) is 1.36. The van der Waals surface area contributed by atoms with Gasteiger partial charge in [0.1, 0.15) is 0 Å². The third-order valence-electron chi connectivity index (χ3n) is 1.36. The highest BCUT2D eigenvalue weighted by atomic mass is 14.1. The van der Waals surface area contributed by atoms with Crippen LogP contribution in [-0.2, 0) is 0 Å². The molecule has 0 saturated carbocycles. The van der Waals surface area contributed by atoms with Crippen LogP contribution in [0, 0.1) is 5.41 Å². The molecule has 0 aliphatic heterocycles. The summed E-state index contributed by atoms with van der Waals surface area (Å²) in [7, 11) is 0. The smallest absolute Gasteiger partial charge is 0.0296 e. The maximum absolute atomic E-state index is 3.69. The van der Waals surface area contributed by atoms with Gasteiger partial charge in [-0.1, -0.05) is 45.1 Å². The maximum Gasteiger partial charge on any atom is -0.0296 e. The molecule has 0 bridgehead atoms. The Labute approximate surface area is 64.6 Å². The topological polar surface area (TPSA) is 0 Å². The number of hydrogen-bond donors (Lipinski definition) is 0. The van der Waals surface area contributed by atoms with Crippen molar-refractivity contribution >= 4 is 0 Å². The molecule has 0 heterocycles. The van der Waals surface area contributed by atoms with E-state index in [1.807, 2.05) is 6.08 Å². The summed E-state index contributed by atoms with van der Waals surface area (Å²) in [6.45, 7) is 12.5. The second kappa shape index (κ2) is 3.60. The van der Waals surface area contributed by atoms with Crippen LogP contribution < -0.4 is 0 Å². The van der Waals surface area contributed by atoms with Gasteiger partial charge in [0, 0.05) is 0 Å². The summed E-state index contributed by atoms with van der Waals surface area (Å²) in [6, 6.07) is 0. The van der Waals surface area contributed by atoms with E-state index >= 15 is 0 Å². The predicted molar refractivity (Wildman–Crippen MR) is 48.0 cm³/mol. The summed E-state index contributed by atoms with van der Waals surface area (Å²) in [5.41, 5.74) is 1.68. The van der Waals surface area contributed by atoms with E-state index in [4.69, 9.17) is 0 Å². The molecular weight excluding hydrogens is 120 g/mol. The van der Waals surface area contributed by atoms with E-state index < -0.39 is 0 Å². The van der Waals surface area contributed by atoms with E-state index in [-0.39, 0.29) is 0 Å². The molecule has 0 aliphatic rings. The van der Waals surface area contributed by atoms with Crippen LogP contribution in [0.2, 0.25) is 0 Å². The van der Waals surface area contributed by atoms with E-state index in [2.05, 4.69) is 40.3 Å². The highest BCUT2D eigenvalue weighted by Gasteiger charge is 2.06. The van der Waals surface area contributed by atoms with Crippen molar-refractivity contribution in [3.8, 4) is 0 Å². The van der Waals surface area contributed by atoms with E-state index in [9.17, 15) is 0 Å². The van der Waals surface area contributed by atoms with E-state index in [0.29, 0.717) is 5.41 Å². The minimum atomic E-state index is 0.407. The van der Waals surface area contributed by atoms with Gasteiger partial charge in [0.2, 0.25) is 0 Å². The first-order valence-electron chi connectivity index (χ1n) is 3.75. The molecule has 0 aromatic rings. The van der Waals surface area contributed by atoms with E-state index in [1.165, 1.54) is 5.57 Å². The molecule has 10 heavy (non-hydrogen) atoms. The van der Waals surface area contributed by atoms with Crippen molar-refractivity contribution in [1.82, 2.24) is 0 Å². The van der Waals surface area contributed by atoms with Gasteiger partial charge in [-0.25, -0.2) is 0 Å². The van der Waals surface area contributed by atoms with Crippen LogP contribution in [0.25, 0.3) is 0 Å². The SMILES string of the molecule is C=C/C(C)=C\CC(C)(C)C. The second-order valence-corrected chi connectivity index (χ2v) is 3.92. The van der Waals surface area contributed by atoms with Gasteiger partial charge < -0.3 is 0 Å². The Hall–Kier alpha value is -0.520. The monoisotopic (exact) mass is 138 g/mol. The van der Waals surface area contributed by atoms with Gasteiger partial charge in [0.25, 0.3) is 0 Å². The van der Waals surface area contributed by atoms with Crippen molar-refractivity contribution in [2.24, 2.45) is 5.41 Å². The molecule has 0 atom stereocenters. The first-order chi connectivity index (χ1) is 4.45. The fourth-order valence-corrected chi connectivity index (χ4v) is 0.551. The molecule has 0 N–H and O–H groups in total. The normalized spacial score (nSPS) is 13.4. The molecule has 0 radical (unpaired) electrons. The maximum atomic E-state index is 3.69. The van der Waals surface area contributed by atoms with Crippen LogP contribution in [0.15, 0.2) is 24.3 Å². The van der Waals surface area contributed by atoms with Crippen LogP contribution in [0.5, 0.6) is 0 Å². The number of hydrogen-bond acceptors (Lipinski definition) is 0. The van der Waals surface area contributed by atoms with Gasteiger partial charge in [-0.3, -0.25) is 0 Å². The lowest BCUT2D eigenvalue weighted by atomic mass is 9.91. The minimum absolute atomic E-state index is 0.407. The van der Waals surface area contributed by atoms with Gasteiger partial charge in [-0.2, -0.15) is 0 Å². The minimum Gasteiger partial charge on any atom is -0.0988 e. The van der Waals surface area contributed by atoms with Crippen molar-refractivity contribution in [1.29, 1.82) is 0 Å². The zero-order valence-electron chi connectivity index (χ0n) is 7.57. The molecule has 0 aromatic carbocycles. The van der Waals surface area contributed by atoms with E-state index in [0.717, 1.165) is 6.42 Å². The average Bonchev–Trinajstić information content (AvgIpc) is 1.81. The molecule has 0 amide bonds. The number of rotatable bonds is 2. The predicted octanol–water partition coefficient (Wildman–Crippen LogP) is 3.55. The molecule has 0 unspecified atom stereocenters. The Bertz CT molecular complexity index is 133. The quantitative estimate of drug-likeness (QED) is 0.512. The van der Waals surface area contributed by atoms with Gasteiger partial charge in [0.05, 0.1) is 0 Å². The van der Waals surface area contributed by atoms with E-state index in [1.54, 1.807) is 0 Å². The van der Waals surface area contributed by atoms with Crippen molar-refractivity contribution in [2.75, 3.05) is 0 Å². The van der Waals surface area contributed by atoms with Crippen molar-refractivity contribution in [3.05, 3.63) is 24.3 Å². The Morgan fingerprint density at radius 1 is 1.40 bits per heavy atom. The summed E-state index contributed by atoms with van der Waals surface area (Å²) >= 11 is 0. The van der Waals surface area contributed by atoms with Crippen LogP contribution in [0.3, 0.4) is 0 Å². The van der Waals surface area contributed by atoms with Crippen LogP contribution >= 0.6 is 0 Å². The zero-order chi connectivity index (χ0) is 8.20. The van der Waals surface area contributed by atoms with Gasteiger partial charge in [0.15, 0.2) is 0 Å². The standard InChI is InChI=1S/C10H18/c1-6-9(2)7-8-10(3,4)5/h6-7H,1,8H2,2-5H3/b9-7-. The molecule has 0 fully saturated rings. The molecule has 0 saturated heterocycles. The van der Waals surface area contributed by atoms with Gasteiger partial charge in [-0.15, -0.1) is 0 Å². The van der Waals surface area contributed by atoms with Crippen molar-refractivity contribution in [3.63, 3.8) is 0 Å². The molecule has 0 rings (SSSR count). The first kappa shape index (κ1) is 9.48. The lowest BCUT2D eigenvalue weighted by Crippen LogP contribution is -2.02. The molecular formula is C10H18. The fraction of sp³-hybridized carbons (Fsp3) is 0.600. The molecule has 0 nitrogen and oxygen atoms in total. The molecule has 0 aliphatic carbocycles. The Morgan fingerprint density at radius 2 is 1.90 bits per heavy atom. The van der Waals surface area contributed by atoms with Crippen molar-refractivity contribution < 1.29 is 0 Å². The lowest BCUT2D eigenvalue weighted by molar-refractivity contribution is 0.420. The highest BCUT2D eigenvalue weighted by Crippen LogP contribution is 2.19. The summed E-state index contributed by atoms with van der Waals surface area (Å²) in [6.07, 6.45) is 5.25. The number of allylic oxidation sites excluding steroid dienone is 3. The summed E-state index contributed by atoms with van der Waals surface area (Å²) in [5, 5.41) is 0. The fourth-order valence-electron chi connectivity index (χ4n) is 0.551. The van der Waals surface area contributed by atoms with Crippen LogP contribution in [0.1, 0.15) is 34.1 Å². The first-order valence-corrected chi connectivity index (χ1v) is 3.75. The zero-order valence-corrected chi connectivity index (χ0v) is 7.57. The van der Waals surface area contributed by atoms with Gasteiger partial charge >= 0.3 is 0 Å². The molecule has 0 spiro atoms.